The van der Waals surface area contributed by atoms with Gasteiger partial charge in [-0.05, 0) is 32.1 Å². The van der Waals surface area contributed by atoms with Gasteiger partial charge in [0.2, 0.25) is 0 Å². The van der Waals surface area contributed by atoms with Crippen molar-refractivity contribution in [3.8, 4) is 0 Å². The molecule has 0 saturated heterocycles. The van der Waals surface area contributed by atoms with E-state index >= 15 is 0 Å². The van der Waals surface area contributed by atoms with Gasteiger partial charge in [0.25, 0.3) is 5.56 Å². The average Bonchev–Trinajstić information content (AvgIpc) is 2.84. The molecule has 1 N–H and O–H groups in total. The Kier molecular flexibility index (Phi) is 2.19. The minimum Gasteiger partial charge on any atom is -0.286 e. The first-order valence-electron chi connectivity index (χ1n) is 6.18. The zero-order valence-electron chi connectivity index (χ0n) is 9.09. The van der Waals surface area contributed by atoms with Crippen molar-refractivity contribution in [1.29, 1.82) is 0 Å². The molecule has 0 bridgehead atoms. The lowest BCUT2D eigenvalue weighted by atomic mass is 9.95. The minimum absolute atomic E-state index is 0.174. The number of hydrogen-bond donors (Lipinski definition) is 1. The van der Waals surface area contributed by atoms with Crippen LogP contribution in [0, 0.1) is 0 Å². The summed E-state index contributed by atoms with van der Waals surface area (Å²) in [7, 11) is 0. The maximum Gasteiger partial charge on any atom is 0.267 e. The van der Waals surface area contributed by atoms with Crippen LogP contribution in [0.3, 0.4) is 0 Å². The first-order valence-corrected chi connectivity index (χ1v) is 6.18. The van der Waals surface area contributed by atoms with Crippen LogP contribution >= 0.6 is 0 Å². The normalized spacial score (nSPS) is 21.9. The largest absolute Gasteiger partial charge is 0.286 e. The third-order valence-electron chi connectivity index (χ3n) is 3.92. The third kappa shape index (κ3) is 1.45. The minimum atomic E-state index is 0.174. The van der Waals surface area contributed by atoms with Crippen LogP contribution in [0.25, 0.3) is 0 Å². The Morgan fingerprint density at radius 1 is 1.07 bits per heavy atom. The average molecular weight is 206 g/mol. The Hall–Kier alpha value is -0.990. The standard InChI is InChI=1S/C12H18N2O/c15-12-10-7-4-8-11(10)14(13-12)9-5-2-1-3-6-9/h9H,1-8H2,(H,13,15). The van der Waals surface area contributed by atoms with Crippen LogP contribution in [-0.4, -0.2) is 9.78 Å². The number of H-pyrrole nitrogens is 1. The fourth-order valence-electron chi connectivity index (χ4n) is 3.13. The lowest BCUT2D eigenvalue weighted by Crippen LogP contribution is -2.18. The number of nitrogens with zero attached hydrogens (tertiary/aromatic N) is 1. The van der Waals surface area contributed by atoms with E-state index in [9.17, 15) is 4.79 Å². The van der Waals surface area contributed by atoms with Gasteiger partial charge < -0.3 is 0 Å². The van der Waals surface area contributed by atoms with Crippen molar-refractivity contribution < 1.29 is 0 Å². The van der Waals surface area contributed by atoms with Gasteiger partial charge in [0.1, 0.15) is 0 Å². The predicted molar refractivity (Wildman–Crippen MR) is 59.2 cm³/mol. The summed E-state index contributed by atoms with van der Waals surface area (Å²) in [6.07, 6.45) is 9.76. The van der Waals surface area contributed by atoms with E-state index in [1.807, 2.05) is 0 Å². The summed E-state index contributed by atoms with van der Waals surface area (Å²) in [5.74, 6) is 0. The zero-order valence-corrected chi connectivity index (χ0v) is 9.09. The Balaban J connectivity index is 1.97. The van der Waals surface area contributed by atoms with Crippen LogP contribution in [0.2, 0.25) is 0 Å². The summed E-state index contributed by atoms with van der Waals surface area (Å²) in [5, 5.41) is 3.05. The molecule has 3 nitrogen and oxygen atoms in total. The number of aromatic amines is 1. The van der Waals surface area contributed by atoms with Crippen LogP contribution in [0.1, 0.15) is 55.8 Å². The van der Waals surface area contributed by atoms with Crippen molar-refractivity contribution in [1.82, 2.24) is 9.78 Å². The predicted octanol–water partition coefficient (Wildman–Crippen LogP) is 2.17. The van der Waals surface area contributed by atoms with Gasteiger partial charge in [-0.1, -0.05) is 19.3 Å². The molecule has 1 aromatic heterocycles. The molecular weight excluding hydrogens is 188 g/mol. The van der Waals surface area contributed by atoms with Crippen LogP contribution in [0.4, 0.5) is 0 Å². The van der Waals surface area contributed by atoms with Gasteiger partial charge in [-0.25, -0.2) is 0 Å². The molecule has 1 fully saturated rings. The SMILES string of the molecule is O=c1[nH]n(C2CCCCC2)c2c1CCC2. The van der Waals surface area contributed by atoms with Gasteiger partial charge in [0.05, 0.1) is 6.04 Å². The molecule has 0 unspecified atom stereocenters. The van der Waals surface area contributed by atoms with Gasteiger partial charge in [-0.3, -0.25) is 14.6 Å². The molecule has 0 atom stereocenters. The quantitative estimate of drug-likeness (QED) is 0.751. The third-order valence-corrected chi connectivity index (χ3v) is 3.92. The van der Waals surface area contributed by atoms with Crippen molar-refractivity contribution in [3.05, 3.63) is 21.6 Å². The highest BCUT2D eigenvalue weighted by molar-refractivity contribution is 5.23. The van der Waals surface area contributed by atoms with Crippen LogP contribution in [-0.2, 0) is 12.8 Å². The maximum atomic E-state index is 11.7. The summed E-state index contributed by atoms with van der Waals surface area (Å²) in [4.78, 5) is 11.7. The molecule has 2 aliphatic rings. The fourth-order valence-corrected chi connectivity index (χ4v) is 3.13. The van der Waals surface area contributed by atoms with Gasteiger partial charge in [-0.15, -0.1) is 0 Å². The van der Waals surface area contributed by atoms with E-state index in [2.05, 4.69) is 9.78 Å². The highest BCUT2D eigenvalue weighted by atomic mass is 16.1. The monoisotopic (exact) mass is 206 g/mol. The first-order chi connectivity index (χ1) is 7.36. The molecule has 1 saturated carbocycles. The van der Waals surface area contributed by atoms with Crippen molar-refractivity contribution >= 4 is 0 Å². The van der Waals surface area contributed by atoms with E-state index in [1.54, 1.807) is 0 Å². The first kappa shape index (κ1) is 9.25. The lowest BCUT2D eigenvalue weighted by Gasteiger charge is -2.24. The van der Waals surface area contributed by atoms with Gasteiger partial charge in [0.15, 0.2) is 0 Å². The van der Waals surface area contributed by atoms with Gasteiger partial charge in [0, 0.05) is 11.3 Å². The number of nitrogens with one attached hydrogen (secondary N) is 1. The fraction of sp³-hybridized carbons (Fsp3) is 0.750. The molecule has 15 heavy (non-hydrogen) atoms. The second-order valence-electron chi connectivity index (χ2n) is 4.88. The summed E-state index contributed by atoms with van der Waals surface area (Å²) in [6, 6.07) is 0.577. The van der Waals surface area contributed by atoms with Crippen molar-refractivity contribution in [2.75, 3.05) is 0 Å². The summed E-state index contributed by atoms with van der Waals surface area (Å²) >= 11 is 0. The van der Waals surface area contributed by atoms with E-state index in [1.165, 1.54) is 44.2 Å². The molecule has 2 aliphatic carbocycles. The number of fused-ring (bicyclic) bond motifs is 1. The zero-order chi connectivity index (χ0) is 10.3. The highest BCUT2D eigenvalue weighted by Gasteiger charge is 2.24. The second-order valence-corrected chi connectivity index (χ2v) is 4.88. The van der Waals surface area contributed by atoms with Crippen LogP contribution in [0.5, 0.6) is 0 Å². The molecule has 0 radical (unpaired) electrons. The summed E-state index contributed by atoms with van der Waals surface area (Å²) in [5.41, 5.74) is 2.56. The van der Waals surface area contributed by atoms with E-state index in [0.29, 0.717) is 6.04 Å². The van der Waals surface area contributed by atoms with E-state index in [4.69, 9.17) is 0 Å². The molecule has 1 heterocycles. The highest BCUT2D eigenvalue weighted by Crippen LogP contribution is 2.30. The second kappa shape index (κ2) is 3.54. The molecule has 0 aromatic carbocycles. The smallest absolute Gasteiger partial charge is 0.267 e. The Morgan fingerprint density at radius 3 is 2.67 bits per heavy atom. The summed E-state index contributed by atoms with van der Waals surface area (Å²) in [6.45, 7) is 0. The molecule has 0 spiro atoms. The van der Waals surface area contributed by atoms with Crippen molar-refractivity contribution in [2.45, 2.75) is 57.4 Å². The van der Waals surface area contributed by atoms with Crippen molar-refractivity contribution in [3.63, 3.8) is 0 Å². The molecule has 0 aliphatic heterocycles. The molecule has 3 rings (SSSR count). The molecule has 3 heteroatoms. The van der Waals surface area contributed by atoms with Crippen LogP contribution in [0.15, 0.2) is 4.79 Å². The maximum absolute atomic E-state index is 11.7. The number of aromatic nitrogens is 2. The topological polar surface area (TPSA) is 37.8 Å². The van der Waals surface area contributed by atoms with E-state index in [-0.39, 0.29) is 5.56 Å². The van der Waals surface area contributed by atoms with Crippen molar-refractivity contribution in [2.24, 2.45) is 0 Å². The van der Waals surface area contributed by atoms with Gasteiger partial charge in [-0.2, -0.15) is 0 Å². The molecule has 1 aromatic rings. The number of rotatable bonds is 1. The Morgan fingerprint density at radius 2 is 1.87 bits per heavy atom. The Labute approximate surface area is 89.5 Å². The van der Waals surface area contributed by atoms with Gasteiger partial charge >= 0.3 is 0 Å². The molecular formula is C12H18N2O. The Bertz CT molecular complexity index is 410. The van der Waals surface area contributed by atoms with E-state index in [0.717, 1.165) is 18.4 Å². The van der Waals surface area contributed by atoms with E-state index < -0.39 is 0 Å². The number of hydrogen-bond acceptors (Lipinski definition) is 1. The summed E-state index contributed by atoms with van der Waals surface area (Å²) < 4.78 is 2.20. The van der Waals surface area contributed by atoms with Crippen LogP contribution < -0.4 is 5.56 Å². The lowest BCUT2D eigenvalue weighted by molar-refractivity contribution is 0.321. The molecule has 82 valence electrons. The molecule has 0 amide bonds.